The topological polar surface area (TPSA) is 27.1 Å². The highest BCUT2D eigenvalue weighted by Gasteiger charge is 2.16. The van der Waals surface area contributed by atoms with Crippen LogP contribution in [-0.2, 0) is 13.0 Å². The van der Waals surface area contributed by atoms with E-state index in [1.54, 1.807) is 12.1 Å². The van der Waals surface area contributed by atoms with Gasteiger partial charge in [0, 0.05) is 12.3 Å². The molecule has 0 radical (unpaired) electrons. The first-order chi connectivity index (χ1) is 9.67. The second kappa shape index (κ2) is 6.88. The summed E-state index contributed by atoms with van der Waals surface area (Å²) >= 11 is 5.72. The molecule has 0 saturated heterocycles. The molecule has 0 spiro atoms. The van der Waals surface area contributed by atoms with E-state index in [0.29, 0.717) is 41.5 Å². The zero-order valence-electron chi connectivity index (χ0n) is 11.3. The number of aryl methyl sites for hydroxylation is 1. The van der Waals surface area contributed by atoms with Gasteiger partial charge in [-0.25, -0.2) is 13.8 Å². The minimum absolute atomic E-state index is 0.345. The lowest BCUT2D eigenvalue weighted by Crippen LogP contribution is -2.10. The van der Waals surface area contributed by atoms with Gasteiger partial charge < -0.3 is 9.30 Å². The van der Waals surface area contributed by atoms with Gasteiger partial charge in [0.05, 0.1) is 18.7 Å². The van der Waals surface area contributed by atoms with Crippen LogP contribution < -0.4 is 4.74 Å². The highest BCUT2D eigenvalue weighted by Crippen LogP contribution is 2.27. The van der Waals surface area contributed by atoms with E-state index in [4.69, 9.17) is 16.3 Å². The number of fused-ring (bicyclic) bond motifs is 1. The van der Waals surface area contributed by atoms with Crippen LogP contribution in [0.1, 0.15) is 19.2 Å². The Labute approximate surface area is 121 Å². The van der Waals surface area contributed by atoms with Gasteiger partial charge in [-0.05, 0) is 18.6 Å². The summed E-state index contributed by atoms with van der Waals surface area (Å²) < 4.78 is 32.6. The van der Waals surface area contributed by atoms with Crippen LogP contribution in [0.2, 0.25) is 0 Å². The Morgan fingerprint density at radius 1 is 1.40 bits per heavy atom. The number of ether oxygens (including phenoxy) is 1. The number of rotatable bonds is 7. The van der Waals surface area contributed by atoms with Crippen LogP contribution in [0.4, 0.5) is 8.78 Å². The summed E-state index contributed by atoms with van der Waals surface area (Å²) in [4.78, 5) is 4.43. The fourth-order valence-corrected chi connectivity index (χ4v) is 2.28. The monoisotopic (exact) mass is 302 g/mol. The van der Waals surface area contributed by atoms with Gasteiger partial charge in [0.1, 0.15) is 17.1 Å². The number of imidazole rings is 1. The van der Waals surface area contributed by atoms with Crippen LogP contribution in [0.3, 0.4) is 0 Å². The molecule has 0 unspecified atom stereocenters. The standard InChI is InChI=1S/C14H17ClF2N2O/c1-2-8-20-11-5-3-4-10-14(11)18-13(6-7-15)19(10)9-12(16)17/h3-5,12H,2,6-9H2,1H3. The van der Waals surface area contributed by atoms with Crippen LogP contribution >= 0.6 is 11.6 Å². The predicted octanol–water partition coefficient (Wildman–Crippen LogP) is 3.87. The summed E-state index contributed by atoms with van der Waals surface area (Å²) in [5.41, 5.74) is 1.29. The average molecular weight is 303 g/mol. The minimum atomic E-state index is -2.43. The molecule has 0 atom stereocenters. The molecule has 1 aromatic heterocycles. The molecule has 0 saturated carbocycles. The van der Waals surface area contributed by atoms with E-state index in [1.807, 2.05) is 13.0 Å². The lowest BCUT2D eigenvalue weighted by atomic mass is 10.3. The summed E-state index contributed by atoms with van der Waals surface area (Å²) in [5, 5.41) is 0. The predicted molar refractivity (Wildman–Crippen MR) is 75.9 cm³/mol. The van der Waals surface area contributed by atoms with Crippen molar-refractivity contribution < 1.29 is 13.5 Å². The fraction of sp³-hybridized carbons (Fsp3) is 0.500. The molecular weight excluding hydrogens is 286 g/mol. The van der Waals surface area contributed by atoms with Gasteiger partial charge in [0.25, 0.3) is 6.43 Å². The van der Waals surface area contributed by atoms with E-state index in [2.05, 4.69) is 4.98 Å². The Morgan fingerprint density at radius 2 is 2.20 bits per heavy atom. The van der Waals surface area contributed by atoms with E-state index < -0.39 is 6.43 Å². The van der Waals surface area contributed by atoms with E-state index >= 15 is 0 Å². The second-order valence-corrected chi connectivity index (χ2v) is 4.82. The van der Waals surface area contributed by atoms with Crippen molar-refractivity contribution in [1.82, 2.24) is 9.55 Å². The highest BCUT2D eigenvalue weighted by atomic mass is 35.5. The number of benzene rings is 1. The van der Waals surface area contributed by atoms with Gasteiger partial charge in [-0.2, -0.15) is 0 Å². The normalized spacial score (nSPS) is 11.4. The maximum atomic E-state index is 12.7. The second-order valence-electron chi connectivity index (χ2n) is 4.44. The molecule has 0 bridgehead atoms. The van der Waals surface area contributed by atoms with E-state index in [-0.39, 0.29) is 6.54 Å². The van der Waals surface area contributed by atoms with Crippen molar-refractivity contribution in [3.05, 3.63) is 24.0 Å². The SMILES string of the molecule is CCCOc1cccc2c1nc(CCCl)n2CC(F)F. The fourth-order valence-electron chi connectivity index (χ4n) is 2.11. The molecule has 1 aromatic carbocycles. The largest absolute Gasteiger partial charge is 0.491 e. The third-order valence-electron chi connectivity index (χ3n) is 2.92. The summed E-state index contributed by atoms with van der Waals surface area (Å²) in [7, 11) is 0. The molecule has 2 aromatic rings. The number of aromatic nitrogens is 2. The number of halogens is 3. The van der Waals surface area contributed by atoms with Gasteiger partial charge >= 0.3 is 0 Å². The van der Waals surface area contributed by atoms with Crippen LogP contribution in [-0.4, -0.2) is 28.5 Å². The molecule has 0 aliphatic carbocycles. The summed E-state index contributed by atoms with van der Waals surface area (Å²) in [6.45, 7) is 2.21. The third kappa shape index (κ3) is 3.20. The van der Waals surface area contributed by atoms with Crippen molar-refractivity contribution >= 4 is 22.6 Å². The molecular formula is C14H17ClF2N2O. The molecule has 0 aliphatic heterocycles. The van der Waals surface area contributed by atoms with Crippen molar-refractivity contribution in [3.8, 4) is 5.75 Å². The number of hydrogen-bond donors (Lipinski definition) is 0. The van der Waals surface area contributed by atoms with Gasteiger partial charge in [0.2, 0.25) is 0 Å². The number of alkyl halides is 3. The van der Waals surface area contributed by atoms with Gasteiger partial charge in [-0.1, -0.05) is 13.0 Å². The molecule has 3 nitrogen and oxygen atoms in total. The van der Waals surface area contributed by atoms with Crippen molar-refractivity contribution in [2.75, 3.05) is 12.5 Å². The third-order valence-corrected chi connectivity index (χ3v) is 3.11. The minimum Gasteiger partial charge on any atom is -0.491 e. The first-order valence-corrected chi connectivity index (χ1v) is 7.15. The van der Waals surface area contributed by atoms with E-state index in [0.717, 1.165) is 6.42 Å². The maximum Gasteiger partial charge on any atom is 0.256 e. The Morgan fingerprint density at radius 3 is 2.85 bits per heavy atom. The van der Waals surface area contributed by atoms with E-state index in [1.165, 1.54) is 4.57 Å². The Hall–Kier alpha value is -1.36. The molecule has 20 heavy (non-hydrogen) atoms. The van der Waals surface area contributed by atoms with Gasteiger partial charge in [0.15, 0.2) is 0 Å². The first-order valence-electron chi connectivity index (χ1n) is 6.62. The molecule has 0 fully saturated rings. The average Bonchev–Trinajstić information content (AvgIpc) is 2.75. The zero-order chi connectivity index (χ0) is 14.5. The first kappa shape index (κ1) is 15.0. The van der Waals surface area contributed by atoms with Crippen LogP contribution in [0, 0.1) is 0 Å². The van der Waals surface area contributed by atoms with Crippen molar-refractivity contribution in [2.24, 2.45) is 0 Å². The molecule has 2 rings (SSSR count). The molecule has 110 valence electrons. The Bertz CT molecular complexity index is 572. The quantitative estimate of drug-likeness (QED) is 0.726. The lowest BCUT2D eigenvalue weighted by Gasteiger charge is -2.08. The van der Waals surface area contributed by atoms with Crippen molar-refractivity contribution in [3.63, 3.8) is 0 Å². The van der Waals surface area contributed by atoms with Crippen LogP contribution in [0.5, 0.6) is 5.75 Å². The van der Waals surface area contributed by atoms with Crippen molar-refractivity contribution in [1.29, 1.82) is 0 Å². The summed E-state index contributed by atoms with van der Waals surface area (Å²) in [6, 6.07) is 5.38. The maximum absolute atomic E-state index is 12.7. The number of nitrogens with zero attached hydrogens (tertiary/aromatic N) is 2. The highest BCUT2D eigenvalue weighted by molar-refractivity contribution is 6.17. The lowest BCUT2D eigenvalue weighted by molar-refractivity contribution is 0.127. The van der Waals surface area contributed by atoms with Gasteiger partial charge in [-0.3, -0.25) is 0 Å². The summed E-state index contributed by atoms with van der Waals surface area (Å²) in [6.07, 6.45) is -1.10. The molecule has 0 amide bonds. The summed E-state index contributed by atoms with van der Waals surface area (Å²) in [5.74, 6) is 1.55. The van der Waals surface area contributed by atoms with Crippen LogP contribution in [0.25, 0.3) is 11.0 Å². The Kier molecular flexibility index (Phi) is 5.17. The number of hydrogen-bond acceptors (Lipinski definition) is 2. The molecule has 1 heterocycles. The molecule has 0 N–H and O–H groups in total. The zero-order valence-corrected chi connectivity index (χ0v) is 12.0. The molecule has 0 aliphatic rings. The molecule has 6 heteroatoms. The van der Waals surface area contributed by atoms with Crippen LogP contribution in [0.15, 0.2) is 18.2 Å². The smallest absolute Gasteiger partial charge is 0.256 e. The van der Waals surface area contributed by atoms with E-state index in [9.17, 15) is 8.78 Å². The van der Waals surface area contributed by atoms with Gasteiger partial charge in [-0.15, -0.1) is 11.6 Å². The Balaban J connectivity index is 2.48. The number of para-hydroxylation sites is 1. The van der Waals surface area contributed by atoms with Crippen molar-refractivity contribution in [2.45, 2.75) is 32.7 Å².